The van der Waals surface area contributed by atoms with Gasteiger partial charge in [-0.05, 0) is 30.2 Å². The molecule has 0 atom stereocenters. The number of anilines is 1. The average Bonchev–Trinajstić information content (AvgIpc) is 2.57. The van der Waals surface area contributed by atoms with E-state index in [0.717, 1.165) is 36.4 Å². The summed E-state index contributed by atoms with van der Waals surface area (Å²) in [6.45, 7) is 2.88. The molecule has 3 heteroatoms. The minimum atomic E-state index is 0.0655. The van der Waals surface area contributed by atoms with Gasteiger partial charge < -0.3 is 10.1 Å². The molecule has 0 saturated heterocycles. The van der Waals surface area contributed by atoms with E-state index in [9.17, 15) is 4.79 Å². The summed E-state index contributed by atoms with van der Waals surface area (Å²) in [5.41, 5.74) is 1.96. The number of benzene rings is 1. The Morgan fingerprint density at radius 2 is 2.33 bits per heavy atom. The van der Waals surface area contributed by atoms with Crippen molar-refractivity contribution in [2.45, 2.75) is 26.2 Å². The third-order valence-electron chi connectivity index (χ3n) is 2.47. The summed E-state index contributed by atoms with van der Waals surface area (Å²) in [6.07, 6.45) is 2.67. The Balaban J connectivity index is 2.03. The standard InChI is InChI=1S/C12H15NO2/c1-2-3-6-15-10-4-5-11-9(7-10)8-12(14)13-11/h4-5,7H,2-3,6,8H2,1H3,(H,13,14). The number of hydrogen-bond donors (Lipinski definition) is 1. The van der Waals surface area contributed by atoms with Crippen molar-refractivity contribution >= 4 is 11.6 Å². The number of carbonyl (C=O) groups is 1. The summed E-state index contributed by atoms with van der Waals surface area (Å²) in [5, 5.41) is 2.80. The van der Waals surface area contributed by atoms with Gasteiger partial charge in [0.05, 0.1) is 13.0 Å². The van der Waals surface area contributed by atoms with E-state index in [1.54, 1.807) is 0 Å². The smallest absolute Gasteiger partial charge is 0.228 e. The molecule has 2 rings (SSSR count). The van der Waals surface area contributed by atoms with Gasteiger partial charge in [0.2, 0.25) is 5.91 Å². The maximum atomic E-state index is 11.1. The maximum Gasteiger partial charge on any atom is 0.228 e. The van der Waals surface area contributed by atoms with Gasteiger partial charge in [0.15, 0.2) is 0 Å². The maximum absolute atomic E-state index is 11.1. The molecule has 0 radical (unpaired) electrons. The summed E-state index contributed by atoms with van der Waals surface area (Å²) in [7, 11) is 0. The number of nitrogens with one attached hydrogen (secondary N) is 1. The zero-order chi connectivity index (χ0) is 10.7. The minimum absolute atomic E-state index is 0.0655. The molecule has 0 unspecified atom stereocenters. The number of amides is 1. The lowest BCUT2D eigenvalue weighted by Gasteiger charge is -2.06. The van der Waals surface area contributed by atoms with Crippen LogP contribution in [0.2, 0.25) is 0 Å². The fourth-order valence-corrected chi connectivity index (χ4v) is 1.63. The molecule has 1 aliphatic heterocycles. The van der Waals surface area contributed by atoms with Crippen molar-refractivity contribution in [3.05, 3.63) is 23.8 Å². The van der Waals surface area contributed by atoms with E-state index >= 15 is 0 Å². The van der Waals surface area contributed by atoms with Crippen LogP contribution in [0.15, 0.2) is 18.2 Å². The van der Waals surface area contributed by atoms with E-state index in [-0.39, 0.29) is 5.91 Å². The predicted octanol–water partition coefficient (Wildman–Crippen LogP) is 2.36. The van der Waals surface area contributed by atoms with Crippen LogP contribution in [0.4, 0.5) is 5.69 Å². The van der Waals surface area contributed by atoms with E-state index in [1.807, 2.05) is 18.2 Å². The highest BCUT2D eigenvalue weighted by atomic mass is 16.5. The average molecular weight is 205 g/mol. The fraction of sp³-hybridized carbons (Fsp3) is 0.417. The molecule has 0 aromatic heterocycles. The van der Waals surface area contributed by atoms with Gasteiger partial charge in [0.1, 0.15) is 5.75 Å². The summed E-state index contributed by atoms with van der Waals surface area (Å²) in [6, 6.07) is 5.75. The van der Waals surface area contributed by atoms with Gasteiger partial charge >= 0.3 is 0 Å². The minimum Gasteiger partial charge on any atom is -0.494 e. The normalized spacial score (nSPS) is 13.5. The molecule has 0 saturated carbocycles. The van der Waals surface area contributed by atoms with E-state index < -0.39 is 0 Å². The van der Waals surface area contributed by atoms with Gasteiger partial charge in [0, 0.05) is 5.69 Å². The van der Waals surface area contributed by atoms with Gasteiger partial charge in [-0.2, -0.15) is 0 Å². The van der Waals surface area contributed by atoms with Crippen LogP contribution >= 0.6 is 0 Å². The van der Waals surface area contributed by atoms with Crippen molar-refractivity contribution in [1.29, 1.82) is 0 Å². The summed E-state index contributed by atoms with van der Waals surface area (Å²) >= 11 is 0. The molecule has 80 valence electrons. The van der Waals surface area contributed by atoms with Crippen molar-refractivity contribution < 1.29 is 9.53 Å². The van der Waals surface area contributed by atoms with Gasteiger partial charge in [0.25, 0.3) is 0 Å². The Morgan fingerprint density at radius 3 is 3.13 bits per heavy atom. The van der Waals surface area contributed by atoms with E-state index in [1.165, 1.54) is 0 Å². The van der Waals surface area contributed by atoms with Crippen LogP contribution in [0.3, 0.4) is 0 Å². The number of unbranched alkanes of at least 4 members (excludes halogenated alkanes) is 1. The second-order valence-corrected chi connectivity index (χ2v) is 3.75. The first-order chi connectivity index (χ1) is 7.29. The second-order valence-electron chi connectivity index (χ2n) is 3.75. The Kier molecular flexibility index (Phi) is 2.90. The van der Waals surface area contributed by atoms with Crippen molar-refractivity contribution in [2.75, 3.05) is 11.9 Å². The largest absolute Gasteiger partial charge is 0.494 e. The SMILES string of the molecule is CCCCOc1ccc2c(c1)CC(=O)N2. The quantitative estimate of drug-likeness (QED) is 0.766. The highest BCUT2D eigenvalue weighted by Crippen LogP contribution is 2.27. The summed E-state index contributed by atoms with van der Waals surface area (Å²) in [5.74, 6) is 0.925. The lowest BCUT2D eigenvalue weighted by molar-refractivity contribution is -0.115. The van der Waals surface area contributed by atoms with Gasteiger partial charge in [-0.15, -0.1) is 0 Å². The van der Waals surface area contributed by atoms with Crippen LogP contribution in [-0.4, -0.2) is 12.5 Å². The first-order valence-electron chi connectivity index (χ1n) is 5.35. The zero-order valence-corrected chi connectivity index (χ0v) is 8.88. The molecule has 1 N–H and O–H groups in total. The van der Waals surface area contributed by atoms with Crippen LogP contribution in [-0.2, 0) is 11.2 Å². The topological polar surface area (TPSA) is 38.3 Å². The van der Waals surface area contributed by atoms with Crippen LogP contribution in [0.5, 0.6) is 5.75 Å². The number of fused-ring (bicyclic) bond motifs is 1. The van der Waals surface area contributed by atoms with Gasteiger partial charge in [-0.1, -0.05) is 13.3 Å². The molecular weight excluding hydrogens is 190 g/mol. The third-order valence-corrected chi connectivity index (χ3v) is 2.47. The third kappa shape index (κ3) is 2.29. The Bertz CT molecular complexity index is 374. The van der Waals surface area contributed by atoms with Crippen molar-refractivity contribution in [2.24, 2.45) is 0 Å². The lowest BCUT2D eigenvalue weighted by atomic mass is 10.1. The molecule has 1 aromatic rings. The monoisotopic (exact) mass is 205 g/mol. The van der Waals surface area contributed by atoms with Gasteiger partial charge in [-0.25, -0.2) is 0 Å². The first kappa shape index (κ1) is 10.0. The lowest BCUT2D eigenvalue weighted by Crippen LogP contribution is -2.03. The van der Waals surface area contributed by atoms with Crippen LogP contribution in [0.25, 0.3) is 0 Å². The van der Waals surface area contributed by atoms with Crippen molar-refractivity contribution in [3.8, 4) is 5.75 Å². The molecule has 15 heavy (non-hydrogen) atoms. The zero-order valence-electron chi connectivity index (χ0n) is 8.88. The number of carbonyl (C=O) groups excluding carboxylic acids is 1. The molecule has 0 bridgehead atoms. The predicted molar refractivity (Wildman–Crippen MR) is 59.2 cm³/mol. The van der Waals surface area contributed by atoms with E-state index in [2.05, 4.69) is 12.2 Å². The van der Waals surface area contributed by atoms with E-state index in [4.69, 9.17) is 4.74 Å². The summed E-state index contributed by atoms with van der Waals surface area (Å²) in [4.78, 5) is 11.1. The van der Waals surface area contributed by atoms with Crippen LogP contribution in [0.1, 0.15) is 25.3 Å². The van der Waals surface area contributed by atoms with Crippen molar-refractivity contribution in [1.82, 2.24) is 0 Å². The highest BCUT2D eigenvalue weighted by Gasteiger charge is 2.17. The molecule has 3 nitrogen and oxygen atoms in total. The molecular formula is C12H15NO2. The number of hydrogen-bond acceptors (Lipinski definition) is 2. The van der Waals surface area contributed by atoms with Gasteiger partial charge in [-0.3, -0.25) is 4.79 Å². The van der Waals surface area contributed by atoms with E-state index in [0.29, 0.717) is 6.42 Å². The fourth-order valence-electron chi connectivity index (χ4n) is 1.63. The van der Waals surface area contributed by atoms with Crippen LogP contribution < -0.4 is 10.1 Å². The van der Waals surface area contributed by atoms with Crippen molar-refractivity contribution in [3.63, 3.8) is 0 Å². The molecule has 0 aliphatic carbocycles. The molecule has 1 aliphatic rings. The molecule has 1 heterocycles. The molecule has 0 spiro atoms. The Morgan fingerprint density at radius 1 is 1.47 bits per heavy atom. The molecule has 1 aromatic carbocycles. The van der Waals surface area contributed by atoms with Crippen LogP contribution in [0, 0.1) is 0 Å². The number of rotatable bonds is 4. The molecule has 0 fully saturated rings. The number of ether oxygens (including phenoxy) is 1. The molecule has 1 amide bonds. The Hall–Kier alpha value is -1.51. The summed E-state index contributed by atoms with van der Waals surface area (Å²) < 4.78 is 5.57. The Labute approximate surface area is 89.4 Å². The second kappa shape index (κ2) is 4.34. The highest BCUT2D eigenvalue weighted by molar-refractivity contribution is 5.99. The first-order valence-corrected chi connectivity index (χ1v) is 5.35.